The minimum Gasteiger partial charge on any atom is -0.369 e. The Labute approximate surface area is 116 Å². The number of anilines is 2. The van der Waals surface area contributed by atoms with Crippen LogP contribution in [0.1, 0.15) is 17.0 Å². The summed E-state index contributed by atoms with van der Waals surface area (Å²) >= 11 is 0. The van der Waals surface area contributed by atoms with Crippen molar-refractivity contribution in [1.29, 1.82) is 0 Å². The fourth-order valence-corrected chi connectivity index (χ4v) is 2.84. The normalized spacial score (nSPS) is 21.3. The third-order valence-electron chi connectivity index (χ3n) is 3.81. The van der Waals surface area contributed by atoms with E-state index in [0.29, 0.717) is 0 Å². The zero-order valence-corrected chi connectivity index (χ0v) is 10.8. The summed E-state index contributed by atoms with van der Waals surface area (Å²) in [5.41, 5.74) is 3.78. The summed E-state index contributed by atoms with van der Waals surface area (Å²) in [5, 5.41) is 6.18. The van der Waals surface area contributed by atoms with E-state index < -0.39 is 0 Å². The van der Waals surface area contributed by atoms with Crippen LogP contribution in [-0.2, 0) is 4.79 Å². The quantitative estimate of drug-likeness (QED) is 0.778. The number of aromatic nitrogens is 1. The molecule has 1 amide bonds. The fraction of sp³-hybridized carbons (Fsp3) is 0.125. The van der Waals surface area contributed by atoms with Crippen molar-refractivity contribution in [2.45, 2.75) is 5.92 Å². The molecule has 2 aliphatic heterocycles. The molecule has 3 heterocycles. The zero-order chi connectivity index (χ0) is 13.5. The number of para-hydroxylation sites is 1. The summed E-state index contributed by atoms with van der Waals surface area (Å²) in [6.45, 7) is 0.783. The van der Waals surface area contributed by atoms with E-state index in [-0.39, 0.29) is 11.8 Å². The number of fused-ring (bicyclic) bond motifs is 2. The van der Waals surface area contributed by atoms with Crippen molar-refractivity contribution in [2.24, 2.45) is 0 Å². The summed E-state index contributed by atoms with van der Waals surface area (Å²) in [7, 11) is 0. The Kier molecular flexibility index (Phi) is 2.36. The second kappa shape index (κ2) is 4.20. The molecule has 1 atom stereocenters. The SMILES string of the molecule is O=C1Nc2ccccc2/C1=C/C1CNc2ncccc21. The highest BCUT2D eigenvalue weighted by molar-refractivity contribution is 6.31. The first-order valence-electron chi connectivity index (χ1n) is 6.64. The van der Waals surface area contributed by atoms with Gasteiger partial charge in [0.15, 0.2) is 0 Å². The van der Waals surface area contributed by atoms with Gasteiger partial charge in [0.25, 0.3) is 5.91 Å². The van der Waals surface area contributed by atoms with Gasteiger partial charge in [-0.3, -0.25) is 4.79 Å². The van der Waals surface area contributed by atoms with Crippen LogP contribution in [-0.4, -0.2) is 17.4 Å². The maximum absolute atomic E-state index is 12.1. The first-order valence-corrected chi connectivity index (χ1v) is 6.64. The molecule has 4 heteroatoms. The van der Waals surface area contributed by atoms with Gasteiger partial charge < -0.3 is 10.6 Å². The molecule has 20 heavy (non-hydrogen) atoms. The molecule has 0 bridgehead atoms. The van der Waals surface area contributed by atoms with Crippen LogP contribution in [0.4, 0.5) is 11.5 Å². The van der Waals surface area contributed by atoms with Crippen molar-refractivity contribution < 1.29 is 4.79 Å². The van der Waals surface area contributed by atoms with Gasteiger partial charge in [-0.2, -0.15) is 0 Å². The van der Waals surface area contributed by atoms with Crippen molar-refractivity contribution in [3.05, 3.63) is 59.8 Å². The summed E-state index contributed by atoms with van der Waals surface area (Å²) in [4.78, 5) is 16.4. The van der Waals surface area contributed by atoms with E-state index in [1.54, 1.807) is 6.20 Å². The molecular weight excluding hydrogens is 250 g/mol. The lowest BCUT2D eigenvalue weighted by molar-refractivity contribution is -0.110. The van der Waals surface area contributed by atoms with Crippen molar-refractivity contribution in [3.63, 3.8) is 0 Å². The average molecular weight is 263 g/mol. The van der Waals surface area contributed by atoms with Crippen LogP contribution < -0.4 is 10.6 Å². The molecule has 2 aliphatic rings. The molecule has 0 radical (unpaired) electrons. The number of nitrogens with one attached hydrogen (secondary N) is 2. The number of benzene rings is 1. The van der Waals surface area contributed by atoms with Crippen LogP contribution in [0, 0.1) is 0 Å². The van der Waals surface area contributed by atoms with Crippen molar-refractivity contribution in [3.8, 4) is 0 Å². The third-order valence-corrected chi connectivity index (χ3v) is 3.81. The van der Waals surface area contributed by atoms with E-state index in [2.05, 4.69) is 21.7 Å². The molecule has 1 unspecified atom stereocenters. The zero-order valence-electron chi connectivity index (χ0n) is 10.8. The largest absolute Gasteiger partial charge is 0.369 e. The highest BCUT2D eigenvalue weighted by Crippen LogP contribution is 2.36. The number of pyridine rings is 1. The van der Waals surface area contributed by atoms with Crippen molar-refractivity contribution in [2.75, 3.05) is 17.2 Å². The second-order valence-electron chi connectivity index (χ2n) is 5.01. The van der Waals surface area contributed by atoms with Crippen molar-refractivity contribution >= 4 is 23.0 Å². The molecule has 2 aromatic rings. The third kappa shape index (κ3) is 1.61. The number of carbonyl (C=O) groups is 1. The van der Waals surface area contributed by atoms with Gasteiger partial charge in [-0.15, -0.1) is 0 Å². The van der Waals surface area contributed by atoms with Crippen LogP contribution in [0.15, 0.2) is 48.7 Å². The molecule has 0 spiro atoms. The highest BCUT2D eigenvalue weighted by Gasteiger charge is 2.27. The number of amides is 1. The smallest absolute Gasteiger partial charge is 0.256 e. The van der Waals surface area contributed by atoms with E-state index in [1.807, 2.05) is 36.4 Å². The molecule has 0 aliphatic carbocycles. The first-order chi connectivity index (χ1) is 9.83. The lowest BCUT2D eigenvalue weighted by Crippen LogP contribution is -2.06. The van der Waals surface area contributed by atoms with E-state index in [4.69, 9.17) is 0 Å². The van der Waals surface area contributed by atoms with Gasteiger partial charge in [-0.1, -0.05) is 30.3 Å². The summed E-state index contributed by atoms with van der Waals surface area (Å²) in [6.07, 6.45) is 3.82. The Hall–Kier alpha value is -2.62. The van der Waals surface area contributed by atoms with Gasteiger partial charge >= 0.3 is 0 Å². The Morgan fingerprint density at radius 3 is 3.05 bits per heavy atom. The summed E-state index contributed by atoms with van der Waals surface area (Å²) < 4.78 is 0. The number of nitrogens with zero attached hydrogens (tertiary/aromatic N) is 1. The maximum Gasteiger partial charge on any atom is 0.256 e. The Bertz CT molecular complexity index is 736. The Morgan fingerprint density at radius 2 is 2.10 bits per heavy atom. The molecule has 0 saturated heterocycles. The second-order valence-corrected chi connectivity index (χ2v) is 5.01. The minimum atomic E-state index is -0.0245. The van der Waals surface area contributed by atoms with Gasteiger partial charge in [-0.25, -0.2) is 4.98 Å². The van der Waals surface area contributed by atoms with Crippen LogP contribution in [0.5, 0.6) is 0 Å². The van der Waals surface area contributed by atoms with Gasteiger partial charge in [-0.05, 0) is 12.1 Å². The first kappa shape index (κ1) is 11.2. The van der Waals surface area contributed by atoms with Gasteiger partial charge in [0.05, 0.1) is 0 Å². The van der Waals surface area contributed by atoms with Crippen LogP contribution in [0.2, 0.25) is 0 Å². The van der Waals surface area contributed by atoms with Crippen LogP contribution in [0.3, 0.4) is 0 Å². The monoisotopic (exact) mass is 263 g/mol. The summed E-state index contributed by atoms with van der Waals surface area (Å²) in [5.74, 6) is 1.08. The fourth-order valence-electron chi connectivity index (χ4n) is 2.84. The van der Waals surface area contributed by atoms with Gasteiger partial charge in [0.1, 0.15) is 5.82 Å². The lowest BCUT2D eigenvalue weighted by Gasteiger charge is -2.05. The highest BCUT2D eigenvalue weighted by atomic mass is 16.2. The Morgan fingerprint density at radius 1 is 1.20 bits per heavy atom. The number of rotatable bonds is 1. The van der Waals surface area contributed by atoms with Crippen LogP contribution >= 0.6 is 0 Å². The Balaban J connectivity index is 1.77. The standard InChI is InChI=1S/C16H13N3O/c20-16-13(12-4-1-2-6-14(12)19-16)8-10-9-18-15-11(10)5-3-7-17-15/h1-8,10H,9H2,(H,17,18)(H,19,20)/b13-8-. The minimum absolute atomic E-state index is 0.0245. The number of hydrogen-bond acceptors (Lipinski definition) is 3. The molecule has 1 aromatic carbocycles. The molecule has 98 valence electrons. The van der Waals surface area contributed by atoms with E-state index in [0.717, 1.165) is 34.8 Å². The van der Waals surface area contributed by atoms with Gasteiger partial charge in [0, 0.05) is 41.0 Å². The maximum atomic E-state index is 12.1. The van der Waals surface area contributed by atoms with E-state index >= 15 is 0 Å². The van der Waals surface area contributed by atoms with E-state index in [1.165, 1.54) is 0 Å². The van der Waals surface area contributed by atoms with E-state index in [9.17, 15) is 4.79 Å². The van der Waals surface area contributed by atoms with Gasteiger partial charge in [0.2, 0.25) is 0 Å². The molecular formula is C16H13N3O. The molecule has 4 nitrogen and oxygen atoms in total. The molecule has 1 aromatic heterocycles. The predicted molar refractivity (Wildman–Crippen MR) is 78.5 cm³/mol. The number of hydrogen-bond donors (Lipinski definition) is 2. The molecule has 0 fully saturated rings. The molecule has 4 rings (SSSR count). The average Bonchev–Trinajstić information content (AvgIpc) is 3.02. The van der Waals surface area contributed by atoms with Crippen molar-refractivity contribution in [1.82, 2.24) is 4.98 Å². The number of carbonyl (C=O) groups excluding carboxylic acids is 1. The lowest BCUT2D eigenvalue weighted by atomic mass is 9.97. The topological polar surface area (TPSA) is 54.0 Å². The van der Waals surface area contributed by atoms with Crippen LogP contribution in [0.25, 0.3) is 5.57 Å². The summed E-state index contributed by atoms with van der Waals surface area (Å²) in [6, 6.07) is 11.8. The predicted octanol–water partition coefficient (Wildman–Crippen LogP) is 2.63. The molecule has 0 saturated carbocycles. The molecule has 2 N–H and O–H groups in total.